The van der Waals surface area contributed by atoms with Gasteiger partial charge in [-0.2, -0.15) is 0 Å². The second-order valence-corrected chi connectivity index (χ2v) is 3.28. The highest BCUT2D eigenvalue weighted by molar-refractivity contribution is 8.69. The third-order valence-electron chi connectivity index (χ3n) is 1.17. The first-order valence-electron chi connectivity index (χ1n) is 2.52. The first-order valence-corrected chi connectivity index (χ1v) is 4.39. The Kier molecular flexibility index (Phi) is 2.08. The van der Waals surface area contributed by atoms with Gasteiger partial charge < -0.3 is 4.74 Å². The molecule has 1 saturated heterocycles. The van der Waals surface area contributed by atoms with E-state index in [0.717, 1.165) is 19.4 Å². The van der Waals surface area contributed by atoms with Crippen molar-refractivity contribution >= 4 is 22.5 Å². The lowest BCUT2D eigenvalue weighted by molar-refractivity contribution is 0.0887. The van der Waals surface area contributed by atoms with E-state index in [-0.39, 0.29) is 0 Å². The van der Waals surface area contributed by atoms with Gasteiger partial charge in [0.15, 0.2) is 5.06 Å². The molecule has 0 saturated carbocycles. The van der Waals surface area contributed by atoms with Crippen molar-refractivity contribution in [2.45, 2.75) is 17.9 Å². The predicted octanol–water partition coefficient (Wildman–Crippen LogP) is 0.987. The van der Waals surface area contributed by atoms with Crippen molar-refractivity contribution < 1.29 is 4.74 Å². The monoisotopic (exact) mass is 151 g/mol. The lowest BCUT2D eigenvalue weighted by atomic mass is 10.3. The summed E-state index contributed by atoms with van der Waals surface area (Å²) in [5.41, 5.74) is 5.62. The number of hydrogen-bond donors (Lipinski definition) is 2. The standard InChI is InChI=1S/C4H9NOS2/c5-4(8-7)2-1-3-6-4/h7H,1-3,5H2. The minimum absolute atomic E-state index is 0.483. The number of thiol groups is 1. The van der Waals surface area contributed by atoms with Crippen molar-refractivity contribution in [3.05, 3.63) is 0 Å². The van der Waals surface area contributed by atoms with Crippen LogP contribution in [0, 0.1) is 0 Å². The molecule has 0 aromatic heterocycles. The quantitative estimate of drug-likeness (QED) is 0.333. The normalized spacial score (nSPS) is 38.2. The third kappa shape index (κ3) is 1.31. The Bertz CT molecular complexity index is 82.1. The molecule has 2 nitrogen and oxygen atoms in total. The Labute approximate surface area is 58.0 Å². The van der Waals surface area contributed by atoms with Crippen LogP contribution in [0.2, 0.25) is 0 Å². The van der Waals surface area contributed by atoms with Gasteiger partial charge in [0.2, 0.25) is 0 Å². The molecule has 48 valence electrons. The smallest absolute Gasteiger partial charge is 0.174 e. The molecule has 1 aliphatic heterocycles. The molecule has 2 N–H and O–H groups in total. The second kappa shape index (κ2) is 2.47. The SMILES string of the molecule is NC1(SS)CCCO1. The second-order valence-electron chi connectivity index (χ2n) is 1.86. The first kappa shape index (κ1) is 6.74. The van der Waals surface area contributed by atoms with Crippen molar-refractivity contribution in [3.63, 3.8) is 0 Å². The predicted molar refractivity (Wildman–Crippen MR) is 38.7 cm³/mol. The van der Waals surface area contributed by atoms with Crippen LogP contribution < -0.4 is 5.73 Å². The summed E-state index contributed by atoms with van der Waals surface area (Å²) in [6.45, 7) is 0.782. The molecule has 1 aliphatic rings. The summed E-state index contributed by atoms with van der Waals surface area (Å²) >= 11 is 3.97. The zero-order chi connectivity index (χ0) is 6.04. The third-order valence-corrected chi connectivity index (χ3v) is 2.73. The van der Waals surface area contributed by atoms with Gasteiger partial charge >= 0.3 is 0 Å². The van der Waals surface area contributed by atoms with Gasteiger partial charge in [-0.05, 0) is 17.2 Å². The van der Waals surface area contributed by atoms with E-state index in [1.807, 2.05) is 0 Å². The molecule has 1 unspecified atom stereocenters. The van der Waals surface area contributed by atoms with Crippen LogP contribution in [-0.4, -0.2) is 11.7 Å². The van der Waals surface area contributed by atoms with Crippen molar-refractivity contribution in [1.82, 2.24) is 0 Å². The summed E-state index contributed by atoms with van der Waals surface area (Å²) in [4.78, 5) is 0. The molecule has 0 amide bonds. The molecule has 0 radical (unpaired) electrons. The average molecular weight is 151 g/mol. The highest BCUT2D eigenvalue weighted by atomic mass is 33.1. The van der Waals surface area contributed by atoms with Crippen LogP contribution in [0.4, 0.5) is 0 Å². The van der Waals surface area contributed by atoms with Gasteiger partial charge in [0.05, 0.1) is 6.61 Å². The van der Waals surface area contributed by atoms with Gasteiger partial charge in [0, 0.05) is 6.42 Å². The van der Waals surface area contributed by atoms with Crippen LogP contribution in [0.3, 0.4) is 0 Å². The Morgan fingerprint density at radius 2 is 2.50 bits per heavy atom. The molecule has 1 heterocycles. The maximum Gasteiger partial charge on any atom is 0.174 e. The van der Waals surface area contributed by atoms with Crippen LogP contribution in [0.1, 0.15) is 12.8 Å². The van der Waals surface area contributed by atoms with Crippen molar-refractivity contribution in [3.8, 4) is 0 Å². The van der Waals surface area contributed by atoms with E-state index in [1.165, 1.54) is 10.8 Å². The Hall–Kier alpha value is 0.620. The molecule has 0 spiro atoms. The Balaban J connectivity index is 2.40. The van der Waals surface area contributed by atoms with Crippen LogP contribution >= 0.6 is 22.5 Å². The van der Waals surface area contributed by atoms with Crippen LogP contribution in [0.5, 0.6) is 0 Å². The Morgan fingerprint density at radius 1 is 1.75 bits per heavy atom. The summed E-state index contributed by atoms with van der Waals surface area (Å²) < 4.78 is 5.15. The molecule has 0 aromatic carbocycles. The molecule has 0 aliphatic carbocycles. The number of hydrogen-bond acceptors (Lipinski definition) is 4. The van der Waals surface area contributed by atoms with E-state index in [0.29, 0.717) is 0 Å². The van der Waals surface area contributed by atoms with E-state index in [4.69, 9.17) is 10.5 Å². The largest absolute Gasteiger partial charge is 0.350 e. The van der Waals surface area contributed by atoms with Gasteiger partial charge in [0.25, 0.3) is 0 Å². The summed E-state index contributed by atoms with van der Waals surface area (Å²) in [5, 5.41) is -0.483. The molecule has 1 fully saturated rings. The van der Waals surface area contributed by atoms with Crippen molar-refractivity contribution in [2.75, 3.05) is 6.61 Å². The summed E-state index contributed by atoms with van der Waals surface area (Å²) in [7, 11) is 1.28. The van der Waals surface area contributed by atoms with Crippen molar-refractivity contribution in [1.29, 1.82) is 0 Å². The molecular weight excluding hydrogens is 142 g/mol. The topological polar surface area (TPSA) is 35.2 Å². The van der Waals surface area contributed by atoms with E-state index in [9.17, 15) is 0 Å². The molecular formula is C4H9NOS2. The number of ether oxygens (including phenoxy) is 1. The average Bonchev–Trinajstić information content (AvgIpc) is 2.17. The van der Waals surface area contributed by atoms with Gasteiger partial charge in [-0.3, -0.25) is 5.73 Å². The fourth-order valence-corrected chi connectivity index (χ4v) is 1.51. The van der Waals surface area contributed by atoms with E-state index < -0.39 is 5.06 Å². The van der Waals surface area contributed by atoms with Crippen LogP contribution in [-0.2, 0) is 4.74 Å². The van der Waals surface area contributed by atoms with Crippen LogP contribution in [0.15, 0.2) is 0 Å². The maximum absolute atomic E-state index is 5.62. The van der Waals surface area contributed by atoms with E-state index in [2.05, 4.69) is 11.7 Å². The van der Waals surface area contributed by atoms with E-state index >= 15 is 0 Å². The van der Waals surface area contributed by atoms with Gasteiger partial charge in [-0.1, -0.05) is 0 Å². The highest BCUT2D eigenvalue weighted by Gasteiger charge is 2.29. The fraction of sp³-hybridized carbons (Fsp3) is 1.00. The summed E-state index contributed by atoms with van der Waals surface area (Å²) in [6, 6.07) is 0. The molecule has 4 heteroatoms. The van der Waals surface area contributed by atoms with Gasteiger partial charge in [-0.15, -0.1) is 11.7 Å². The fourth-order valence-electron chi connectivity index (χ4n) is 0.708. The van der Waals surface area contributed by atoms with Crippen molar-refractivity contribution in [2.24, 2.45) is 5.73 Å². The zero-order valence-corrected chi connectivity index (χ0v) is 6.17. The van der Waals surface area contributed by atoms with E-state index in [1.54, 1.807) is 0 Å². The maximum atomic E-state index is 5.62. The van der Waals surface area contributed by atoms with Gasteiger partial charge in [0.1, 0.15) is 0 Å². The molecule has 0 bridgehead atoms. The summed E-state index contributed by atoms with van der Waals surface area (Å²) in [5.74, 6) is 0. The first-order chi connectivity index (χ1) is 3.77. The van der Waals surface area contributed by atoms with Gasteiger partial charge in [-0.25, -0.2) is 0 Å². The molecule has 8 heavy (non-hydrogen) atoms. The minimum Gasteiger partial charge on any atom is -0.350 e. The minimum atomic E-state index is -0.483. The molecule has 1 rings (SSSR count). The lowest BCUT2D eigenvalue weighted by Crippen LogP contribution is -2.33. The highest BCUT2D eigenvalue weighted by Crippen LogP contribution is 2.33. The lowest BCUT2D eigenvalue weighted by Gasteiger charge is -2.17. The van der Waals surface area contributed by atoms with Crippen LogP contribution in [0.25, 0.3) is 0 Å². The summed E-state index contributed by atoms with van der Waals surface area (Å²) in [6.07, 6.45) is 1.98. The molecule has 0 aromatic rings. The molecule has 1 atom stereocenters. The zero-order valence-electron chi connectivity index (χ0n) is 4.46. The number of nitrogens with two attached hydrogens (primary N) is 1. The number of rotatable bonds is 1. The Morgan fingerprint density at radius 3 is 2.75 bits per heavy atom.